The molecule has 8 heteroatoms. The Bertz CT molecular complexity index is 1070. The highest BCUT2D eigenvalue weighted by molar-refractivity contribution is 6.30. The molecule has 0 aliphatic carbocycles. The van der Waals surface area contributed by atoms with Crippen molar-refractivity contribution in [1.82, 2.24) is 19.9 Å². The molecule has 4 rings (SSSR count). The molecular weight excluding hydrogens is 366 g/mol. The third-order valence-corrected chi connectivity index (χ3v) is 4.93. The predicted molar refractivity (Wildman–Crippen MR) is 100 cm³/mol. The molecule has 27 heavy (non-hydrogen) atoms. The molecule has 0 bridgehead atoms. The number of aromatic amines is 1. The maximum Gasteiger partial charge on any atom is 0.252 e. The van der Waals surface area contributed by atoms with Crippen LogP contribution >= 0.6 is 11.6 Å². The lowest BCUT2D eigenvalue weighted by atomic mass is 10.1. The average Bonchev–Trinajstić information content (AvgIpc) is 3.30. The molecule has 1 fully saturated rings. The lowest BCUT2D eigenvalue weighted by Gasteiger charge is -2.15. The van der Waals surface area contributed by atoms with Crippen LogP contribution in [0.2, 0.25) is 5.15 Å². The number of hydrogen-bond acceptors (Lipinski definition) is 5. The number of aromatic nitrogens is 3. The number of rotatable bonds is 3. The van der Waals surface area contributed by atoms with E-state index in [9.17, 15) is 10.1 Å². The number of nitrogens with zero attached hydrogens (tertiary/aromatic N) is 4. The van der Waals surface area contributed by atoms with Crippen LogP contribution in [0.4, 0.5) is 0 Å². The van der Waals surface area contributed by atoms with Crippen LogP contribution in [0, 0.1) is 11.3 Å². The third kappa shape index (κ3) is 3.20. The molecule has 0 saturated carbocycles. The second-order valence-corrected chi connectivity index (χ2v) is 6.75. The van der Waals surface area contributed by atoms with E-state index in [1.807, 2.05) is 12.1 Å². The van der Waals surface area contributed by atoms with E-state index in [0.717, 1.165) is 22.9 Å². The molecule has 1 N–H and O–H groups in total. The molecule has 1 aliphatic heterocycles. The minimum absolute atomic E-state index is 0.0321. The number of H-pyrrole nitrogens is 1. The second-order valence-electron chi connectivity index (χ2n) is 6.39. The summed E-state index contributed by atoms with van der Waals surface area (Å²) in [7, 11) is 0. The summed E-state index contributed by atoms with van der Waals surface area (Å²) in [6, 6.07) is 7.66. The van der Waals surface area contributed by atoms with E-state index in [4.69, 9.17) is 16.3 Å². The zero-order valence-electron chi connectivity index (χ0n) is 14.6. The number of nitrogens with one attached hydrogen (secondary N) is 1. The van der Waals surface area contributed by atoms with E-state index in [-0.39, 0.29) is 23.0 Å². The molecule has 1 unspecified atom stereocenters. The Morgan fingerprint density at radius 2 is 2.33 bits per heavy atom. The summed E-state index contributed by atoms with van der Waals surface area (Å²) in [6.07, 6.45) is 3.98. The number of amides is 1. The third-order valence-electron chi connectivity index (χ3n) is 4.68. The molecule has 0 radical (unpaired) electrons. The maximum atomic E-state index is 11.4. The van der Waals surface area contributed by atoms with Gasteiger partial charge in [-0.05, 0) is 6.07 Å². The Balaban J connectivity index is 1.60. The minimum Gasteiger partial charge on any atom is -0.470 e. The van der Waals surface area contributed by atoms with Gasteiger partial charge in [0, 0.05) is 37.0 Å². The molecule has 1 amide bonds. The molecule has 1 atom stereocenters. The van der Waals surface area contributed by atoms with Crippen molar-refractivity contribution in [2.24, 2.45) is 0 Å². The number of likely N-dealkylation sites (tertiary alicyclic amines) is 1. The first-order chi connectivity index (χ1) is 13.1. The first kappa shape index (κ1) is 17.3. The molecule has 3 heterocycles. The molecule has 1 saturated heterocycles. The monoisotopic (exact) mass is 381 g/mol. The van der Waals surface area contributed by atoms with Gasteiger partial charge in [0.1, 0.15) is 12.2 Å². The molecule has 136 valence electrons. The number of para-hydroxylation sites is 1. The van der Waals surface area contributed by atoms with E-state index < -0.39 is 0 Å². The van der Waals surface area contributed by atoms with Crippen molar-refractivity contribution < 1.29 is 9.53 Å². The number of hydrogen-bond donors (Lipinski definition) is 1. The van der Waals surface area contributed by atoms with Crippen molar-refractivity contribution in [2.75, 3.05) is 13.1 Å². The fraction of sp³-hybridized carbons (Fsp3) is 0.263. The van der Waals surface area contributed by atoms with Crippen molar-refractivity contribution in [3.63, 3.8) is 0 Å². The summed E-state index contributed by atoms with van der Waals surface area (Å²) in [6.45, 7) is 2.73. The molecule has 0 spiro atoms. The quantitative estimate of drug-likeness (QED) is 0.751. The van der Waals surface area contributed by atoms with E-state index >= 15 is 0 Å². The SMILES string of the molecule is CC(=O)N1CCC(Oc2ncc(-c3c[nH]c4c(C#N)cccc34)nc2Cl)C1. The minimum atomic E-state index is -0.141. The van der Waals surface area contributed by atoms with Crippen LogP contribution in [0.15, 0.2) is 30.6 Å². The van der Waals surface area contributed by atoms with Crippen LogP contribution in [0.1, 0.15) is 18.9 Å². The van der Waals surface area contributed by atoms with Crippen LogP contribution in [0.5, 0.6) is 5.88 Å². The highest BCUT2D eigenvalue weighted by atomic mass is 35.5. The standard InChI is InChI=1S/C19H16ClN5O2/c1-11(26)25-6-5-13(10-25)27-19-18(20)24-16(9-23-19)15-8-22-17-12(7-21)3-2-4-14(15)17/h2-4,8-9,13,22H,5-6,10H2,1H3. The van der Waals surface area contributed by atoms with Gasteiger partial charge in [-0.2, -0.15) is 5.26 Å². The highest BCUT2D eigenvalue weighted by Gasteiger charge is 2.27. The van der Waals surface area contributed by atoms with Crippen molar-refractivity contribution in [3.8, 4) is 23.2 Å². The smallest absolute Gasteiger partial charge is 0.252 e. The Kier molecular flexibility index (Phi) is 4.42. The number of carbonyl (C=O) groups is 1. The van der Waals surface area contributed by atoms with E-state index in [2.05, 4.69) is 21.0 Å². The van der Waals surface area contributed by atoms with Crippen molar-refractivity contribution in [1.29, 1.82) is 5.26 Å². The van der Waals surface area contributed by atoms with Gasteiger partial charge in [0.25, 0.3) is 5.88 Å². The van der Waals surface area contributed by atoms with E-state index in [1.165, 1.54) is 0 Å². The predicted octanol–water partition coefficient (Wildman–Crippen LogP) is 3.15. The van der Waals surface area contributed by atoms with Crippen molar-refractivity contribution in [3.05, 3.63) is 41.3 Å². The fourth-order valence-corrected chi connectivity index (χ4v) is 3.48. The topological polar surface area (TPSA) is 94.9 Å². The van der Waals surface area contributed by atoms with E-state index in [0.29, 0.717) is 24.3 Å². The molecule has 7 nitrogen and oxygen atoms in total. The first-order valence-electron chi connectivity index (χ1n) is 8.52. The summed E-state index contributed by atoms with van der Waals surface area (Å²) < 4.78 is 5.83. The Morgan fingerprint density at radius 3 is 3.04 bits per heavy atom. The van der Waals surface area contributed by atoms with E-state index in [1.54, 1.807) is 30.3 Å². The number of ether oxygens (including phenoxy) is 1. The number of carbonyl (C=O) groups excluding carboxylic acids is 1. The van der Waals surface area contributed by atoms with Crippen LogP contribution in [-0.4, -0.2) is 45.0 Å². The van der Waals surface area contributed by atoms with Gasteiger partial charge in [0.15, 0.2) is 5.15 Å². The molecule has 1 aromatic carbocycles. The van der Waals surface area contributed by atoms with Crippen LogP contribution in [0.25, 0.3) is 22.2 Å². The highest BCUT2D eigenvalue weighted by Crippen LogP contribution is 2.31. The zero-order chi connectivity index (χ0) is 19.0. The fourth-order valence-electron chi connectivity index (χ4n) is 3.29. The Morgan fingerprint density at radius 1 is 1.48 bits per heavy atom. The van der Waals surface area contributed by atoms with Gasteiger partial charge in [-0.1, -0.05) is 23.7 Å². The lowest BCUT2D eigenvalue weighted by molar-refractivity contribution is -0.128. The number of fused-ring (bicyclic) bond motifs is 1. The first-order valence-corrected chi connectivity index (χ1v) is 8.90. The summed E-state index contributed by atoms with van der Waals surface area (Å²) in [4.78, 5) is 25.0. The van der Waals surface area contributed by atoms with Gasteiger partial charge in [-0.25, -0.2) is 9.97 Å². The summed E-state index contributed by atoms with van der Waals surface area (Å²) in [5.41, 5.74) is 2.72. The van der Waals surface area contributed by atoms with Gasteiger partial charge >= 0.3 is 0 Å². The van der Waals surface area contributed by atoms with Gasteiger partial charge in [-0.15, -0.1) is 0 Å². The summed E-state index contributed by atoms with van der Waals surface area (Å²) in [5, 5.41) is 10.3. The van der Waals surface area contributed by atoms with Crippen LogP contribution in [0.3, 0.4) is 0 Å². The van der Waals surface area contributed by atoms with Crippen LogP contribution in [-0.2, 0) is 4.79 Å². The zero-order valence-corrected chi connectivity index (χ0v) is 15.3. The van der Waals surface area contributed by atoms with Gasteiger partial charge in [0.05, 0.1) is 29.5 Å². The second kappa shape index (κ2) is 6.89. The maximum absolute atomic E-state index is 11.4. The lowest BCUT2D eigenvalue weighted by Crippen LogP contribution is -2.28. The summed E-state index contributed by atoms with van der Waals surface area (Å²) >= 11 is 6.29. The number of benzene rings is 1. The summed E-state index contributed by atoms with van der Waals surface area (Å²) in [5.74, 6) is 0.290. The molecule has 2 aromatic heterocycles. The number of halogens is 1. The van der Waals surface area contributed by atoms with Crippen LogP contribution < -0.4 is 4.74 Å². The average molecular weight is 382 g/mol. The molecule has 1 aliphatic rings. The Labute approximate surface area is 160 Å². The van der Waals surface area contributed by atoms with Gasteiger partial charge < -0.3 is 14.6 Å². The molecule has 3 aromatic rings. The van der Waals surface area contributed by atoms with Crippen molar-refractivity contribution in [2.45, 2.75) is 19.4 Å². The van der Waals surface area contributed by atoms with Gasteiger partial charge in [-0.3, -0.25) is 4.79 Å². The number of nitriles is 1. The Hall–Kier alpha value is -3.11. The largest absolute Gasteiger partial charge is 0.470 e. The molecular formula is C19H16ClN5O2. The van der Waals surface area contributed by atoms with Gasteiger partial charge in [0.2, 0.25) is 5.91 Å². The normalized spacial score (nSPS) is 16.5. The van der Waals surface area contributed by atoms with Crippen molar-refractivity contribution >= 4 is 28.4 Å².